The van der Waals surface area contributed by atoms with Crippen LogP contribution < -0.4 is 10.0 Å². The van der Waals surface area contributed by atoms with E-state index >= 15 is 0 Å². The lowest BCUT2D eigenvalue weighted by atomic mass is 9.41. The Morgan fingerprint density at radius 1 is 0.957 bits per heavy atom. The largest absolute Gasteiger partial charge is 0.398 e. The van der Waals surface area contributed by atoms with Crippen LogP contribution in [-0.4, -0.2) is 49.6 Å². The monoisotopic (exact) mass is 682 g/mol. The molecule has 0 radical (unpaired) electrons. The highest BCUT2D eigenvalue weighted by Gasteiger charge is 2.65. The number of aliphatic hydroxyl groups excluding tert-OH is 2. The minimum Gasteiger partial charge on any atom is -0.393 e. The van der Waals surface area contributed by atoms with Crippen molar-refractivity contribution in [3.63, 3.8) is 0 Å². The first kappa shape index (κ1) is 35.0. The van der Waals surface area contributed by atoms with E-state index in [2.05, 4.69) is 33.0 Å². The second kappa shape index (κ2) is 12.2. The van der Waals surface area contributed by atoms with Crippen molar-refractivity contribution >= 4 is 16.1 Å². The number of halogens is 3. The summed E-state index contributed by atoms with van der Waals surface area (Å²) in [6.07, 6.45) is 3.59. The number of amides is 2. The normalized spacial score (nSPS) is 40.0. The molecular formula is C36H53F3N2O5S. The standard InChI is InChI=1S/C36H53F3N2O5S/c1-5-25-29-20-23(42)12-15-34(29,4)28-13-16-33(3)26(10-11-27(33)30(28)31(25)43)21(2)14-19-40-32(44)41-47(45,46)24-8-6-22(7-9-24)35(17-18-35)36(37,38)39/h6-9,21,23,25-31,42-43H,5,10-20H2,1-4H3,(H2,40,41,44)/t21-,23-,25-,26-,27+,28+,29?,30+,31-,33-,34-/m1/s1. The molecule has 5 saturated carbocycles. The number of fused-ring (bicyclic) bond motifs is 5. The van der Waals surface area contributed by atoms with Crippen LogP contribution in [0.2, 0.25) is 0 Å². The van der Waals surface area contributed by atoms with Crippen LogP contribution in [0.3, 0.4) is 0 Å². The van der Waals surface area contributed by atoms with E-state index in [0.29, 0.717) is 36.6 Å². The minimum absolute atomic E-state index is 0.0175. The van der Waals surface area contributed by atoms with Crippen molar-refractivity contribution in [2.45, 2.75) is 127 Å². The zero-order chi connectivity index (χ0) is 34.2. The molecule has 1 aromatic rings. The Morgan fingerprint density at radius 3 is 2.21 bits per heavy atom. The number of urea groups is 1. The molecule has 4 N–H and O–H groups in total. The fraction of sp³-hybridized carbons (Fsp3) is 0.806. The molecule has 264 valence electrons. The Morgan fingerprint density at radius 2 is 1.60 bits per heavy atom. The van der Waals surface area contributed by atoms with Crippen molar-refractivity contribution < 1.29 is 36.6 Å². The van der Waals surface area contributed by atoms with Crippen LogP contribution in [0.25, 0.3) is 0 Å². The summed E-state index contributed by atoms with van der Waals surface area (Å²) >= 11 is 0. The molecular weight excluding hydrogens is 629 g/mol. The van der Waals surface area contributed by atoms with Gasteiger partial charge in [-0.25, -0.2) is 17.9 Å². The number of hydrogen-bond donors (Lipinski definition) is 4. The van der Waals surface area contributed by atoms with Crippen LogP contribution >= 0.6 is 0 Å². The lowest BCUT2D eigenvalue weighted by Gasteiger charge is -2.64. The molecule has 0 aromatic heterocycles. The molecule has 47 heavy (non-hydrogen) atoms. The highest BCUT2D eigenvalue weighted by Crippen LogP contribution is 2.69. The maximum atomic E-state index is 13.5. The molecule has 5 fully saturated rings. The van der Waals surface area contributed by atoms with Crippen molar-refractivity contribution in [2.75, 3.05) is 6.54 Å². The highest BCUT2D eigenvalue weighted by atomic mass is 32.2. The third-order valence-corrected chi connectivity index (χ3v) is 15.6. The summed E-state index contributed by atoms with van der Waals surface area (Å²) in [7, 11) is -4.25. The Hall–Kier alpha value is -1.85. The molecule has 7 nitrogen and oxygen atoms in total. The van der Waals surface area contributed by atoms with E-state index in [1.54, 1.807) is 0 Å². The number of hydrogen-bond acceptors (Lipinski definition) is 5. The van der Waals surface area contributed by atoms with E-state index in [4.69, 9.17) is 0 Å². The summed E-state index contributed by atoms with van der Waals surface area (Å²) in [5.74, 6) is 2.44. The number of aliphatic hydroxyl groups is 2. The van der Waals surface area contributed by atoms with Gasteiger partial charge in [0.25, 0.3) is 10.0 Å². The fourth-order valence-electron chi connectivity index (χ4n) is 11.6. The summed E-state index contributed by atoms with van der Waals surface area (Å²) in [5, 5.41) is 25.1. The molecule has 11 atom stereocenters. The van der Waals surface area contributed by atoms with Crippen molar-refractivity contribution in [1.29, 1.82) is 0 Å². The predicted molar refractivity (Wildman–Crippen MR) is 173 cm³/mol. The molecule has 0 saturated heterocycles. The number of benzene rings is 1. The summed E-state index contributed by atoms with van der Waals surface area (Å²) in [4.78, 5) is 12.4. The van der Waals surface area contributed by atoms with E-state index < -0.39 is 27.6 Å². The average Bonchev–Trinajstić information content (AvgIpc) is 3.75. The Bertz CT molecular complexity index is 1430. The minimum atomic E-state index is -4.39. The number of alkyl halides is 3. The van der Waals surface area contributed by atoms with Crippen molar-refractivity contribution in [1.82, 2.24) is 10.0 Å². The summed E-state index contributed by atoms with van der Waals surface area (Å²) < 4.78 is 68.0. The third-order valence-electron chi connectivity index (χ3n) is 14.3. The average molecular weight is 683 g/mol. The summed E-state index contributed by atoms with van der Waals surface area (Å²) in [6, 6.07) is 3.75. The van der Waals surface area contributed by atoms with Gasteiger partial charge < -0.3 is 15.5 Å². The molecule has 1 aromatic carbocycles. The summed E-state index contributed by atoms with van der Waals surface area (Å²) in [5.41, 5.74) is -1.63. The molecule has 2 amide bonds. The molecule has 1 unspecified atom stereocenters. The lowest BCUT2D eigenvalue weighted by molar-refractivity contribution is -0.203. The van der Waals surface area contributed by atoms with Gasteiger partial charge in [0, 0.05) is 6.54 Å². The molecule has 0 heterocycles. The predicted octanol–water partition coefficient (Wildman–Crippen LogP) is 6.92. The number of nitrogens with one attached hydrogen (secondary N) is 2. The van der Waals surface area contributed by atoms with E-state index in [9.17, 15) is 36.6 Å². The van der Waals surface area contributed by atoms with Crippen LogP contribution in [0.15, 0.2) is 29.2 Å². The topological polar surface area (TPSA) is 116 Å². The maximum absolute atomic E-state index is 13.5. The Balaban J connectivity index is 1.05. The number of sulfonamides is 1. The van der Waals surface area contributed by atoms with Gasteiger partial charge in [-0.05, 0) is 134 Å². The second-order valence-corrected chi connectivity index (χ2v) is 18.0. The van der Waals surface area contributed by atoms with Gasteiger partial charge in [-0.1, -0.05) is 46.2 Å². The molecule has 0 aliphatic heterocycles. The third kappa shape index (κ3) is 5.81. The van der Waals surface area contributed by atoms with Crippen molar-refractivity contribution in [3.8, 4) is 0 Å². The molecule has 5 aliphatic rings. The molecule has 0 spiro atoms. The number of carbonyl (C=O) groups excluding carboxylic acids is 1. The van der Waals surface area contributed by atoms with Gasteiger partial charge in [0.15, 0.2) is 0 Å². The molecule has 0 bridgehead atoms. The maximum Gasteiger partial charge on any atom is 0.398 e. The quantitative estimate of drug-likeness (QED) is 0.238. The molecule has 5 aliphatic carbocycles. The number of carbonyl (C=O) groups is 1. The van der Waals surface area contributed by atoms with Crippen LogP contribution in [0.4, 0.5) is 18.0 Å². The van der Waals surface area contributed by atoms with E-state index in [1.165, 1.54) is 12.1 Å². The van der Waals surface area contributed by atoms with Crippen LogP contribution in [0.1, 0.15) is 104 Å². The molecule has 6 rings (SSSR count). The Labute approximate surface area is 277 Å². The second-order valence-electron chi connectivity index (χ2n) is 16.4. The van der Waals surface area contributed by atoms with E-state index in [-0.39, 0.29) is 64.1 Å². The number of rotatable bonds is 8. The highest BCUT2D eigenvalue weighted by molar-refractivity contribution is 7.90. The summed E-state index contributed by atoms with van der Waals surface area (Å²) in [6.45, 7) is 9.54. The van der Waals surface area contributed by atoms with Gasteiger partial charge in [0.2, 0.25) is 0 Å². The SMILES string of the molecule is CC[C@@H]1C2C[C@H](O)CC[C@]2(C)[C@H]2CC[C@]3(C)[C@@H]([C@H](C)CCNC(=O)NS(=O)(=O)c4ccc(C5(C(F)(F)F)CC5)cc4)CC[C@H]3[C@@H]2[C@@H]1O. The van der Waals surface area contributed by atoms with Gasteiger partial charge in [-0.15, -0.1) is 0 Å². The first-order valence-electron chi connectivity index (χ1n) is 17.8. The van der Waals surface area contributed by atoms with E-state index in [1.807, 2.05) is 4.72 Å². The van der Waals surface area contributed by atoms with Crippen molar-refractivity contribution in [2.24, 2.45) is 52.3 Å². The smallest absolute Gasteiger partial charge is 0.393 e. The zero-order valence-corrected chi connectivity index (χ0v) is 29.0. The van der Waals surface area contributed by atoms with Gasteiger partial charge in [-0.3, -0.25) is 0 Å². The Kier molecular flexibility index (Phi) is 9.07. The van der Waals surface area contributed by atoms with Crippen LogP contribution in [-0.2, 0) is 15.4 Å². The lowest BCUT2D eigenvalue weighted by Crippen LogP contribution is -2.62. The van der Waals surface area contributed by atoms with Gasteiger partial charge in [-0.2, -0.15) is 13.2 Å². The zero-order valence-electron chi connectivity index (χ0n) is 28.2. The first-order valence-corrected chi connectivity index (χ1v) is 19.3. The van der Waals surface area contributed by atoms with Crippen LogP contribution in [0.5, 0.6) is 0 Å². The first-order chi connectivity index (χ1) is 22.0. The van der Waals surface area contributed by atoms with Gasteiger partial charge in [0.05, 0.1) is 22.5 Å². The van der Waals surface area contributed by atoms with Crippen LogP contribution in [0, 0.1) is 52.3 Å². The van der Waals surface area contributed by atoms with Crippen molar-refractivity contribution in [3.05, 3.63) is 29.8 Å². The van der Waals surface area contributed by atoms with E-state index in [0.717, 1.165) is 63.5 Å². The van der Waals surface area contributed by atoms with Gasteiger partial charge >= 0.3 is 12.2 Å². The fourth-order valence-corrected chi connectivity index (χ4v) is 12.5. The van der Waals surface area contributed by atoms with Gasteiger partial charge in [0.1, 0.15) is 0 Å². The molecule has 11 heteroatoms.